The molecule has 0 atom stereocenters. The Balaban J connectivity index is 2.73. The fraction of sp³-hybridized carbons (Fsp3) is 0.200. The van der Waals surface area contributed by atoms with E-state index in [0.29, 0.717) is 0 Å². The Morgan fingerprint density at radius 3 is 2.87 bits per heavy atom. The van der Waals surface area contributed by atoms with Crippen molar-refractivity contribution in [3.05, 3.63) is 35.4 Å². The molecule has 0 saturated heterocycles. The molecule has 0 spiro atoms. The van der Waals surface area contributed by atoms with E-state index in [1.807, 2.05) is 6.07 Å². The summed E-state index contributed by atoms with van der Waals surface area (Å²) in [6.45, 7) is 0.116. The van der Waals surface area contributed by atoms with E-state index in [0.717, 1.165) is 18.2 Å². The Morgan fingerprint density at radius 1 is 1.47 bits per heavy atom. The van der Waals surface area contributed by atoms with E-state index >= 15 is 0 Å². The topological polar surface area (TPSA) is 52.9 Å². The number of halogens is 2. The van der Waals surface area contributed by atoms with Gasteiger partial charge in [-0.3, -0.25) is 4.79 Å². The molecule has 0 aliphatic heterocycles. The molecule has 0 fully saturated rings. The molecule has 0 unspecified atom stereocenters. The van der Waals surface area contributed by atoms with Crippen molar-refractivity contribution in [1.82, 2.24) is 5.32 Å². The third-order valence-corrected chi connectivity index (χ3v) is 1.70. The summed E-state index contributed by atoms with van der Waals surface area (Å²) in [7, 11) is 0. The summed E-state index contributed by atoms with van der Waals surface area (Å²) in [5, 5.41) is 10.5. The smallest absolute Gasteiger partial charge is 0.254 e. The highest BCUT2D eigenvalue weighted by atomic mass is 19.1. The second kappa shape index (κ2) is 5.05. The van der Waals surface area contributed by atoms with Crippen molar-refractivity contribution in [3.8, 4) is 6.07 Å². The third kappa shape index (κ3) is 3.02. The maximum atomic E-state index is 13.0. The molecule has 0 aromatic heterocycles. The maximum Gasteiger partial charge on any atom is 0.254 e. The van der Waals surface area contributed by atoms with Crippen LogP contribution in [0.3, 0.4) is 0 Å². The molecule has 0 bridgehead atoms. The van der Waals surface area contributed by atoms with Crippen LogP contribution in [0.2, 0.25) is 0 Å². The van der Waals surface area contributed by atoms with Crippen LogP contribution in [0.25, 0.3) is 0 Å². The fourth-order valence-electron chi connectivity index (χ4n) is 0.999. The van der Waals surface area contributed by atoms with Crippen molar-refractivity contribution in [2.24, 2.45) is 0 Å². The van der Waals surface area contributed by atoms with Crippen LogP contribution >= 0.6 is 0 Å². The molecule has 1 N–H and O–H groups in total. The Bertz CT molecular complexity index is 412. The molecule has 0 heterocycles. The van der Waals surface area contributed by atoms with Crippen molar-refractivity contribution in [1.29, 1.82) is 5.26 Å². The minimum atomic E-state index is -0.786. The van der Waals surface area contributed by atoms with Crippen LogP contribution in [0.5, 0.6) is 0 Å². The number of hydrogen-bond acceptors (Lipinski definition) is 2. The van der Waals surface area contributed by atoms with Gasteiger partial charge in [0.1, 0.15) is 11.6 Å². The number of carbonyl (C=O) groups is 1. The van der Waals surface area contributed by atoms with Crippen LogP contribution < -0.4 is 5.32 Å². The van der Waals surface area contributed by atoms with Crippen LogP contribution in [0.15, 0.2) is 18.2 Å². The van der Waals surface area contributed by atoms with Gasteiger partial charge in [0, 0.05) is 6.54 Å². The van der Waals surface area contributed by atoms with E-state index in [2.05, 4.69) is 5.32 Å². The van der Waals surface area contributed by atoms with Gasteiger partial charge in [0.15, 0.2) is 0 Å². The zero-order valence-electron chi connectivity index (χ0n) is 7.76. The summed E-state index contributed by atoms with van der Waals surface area (Å²) in [4.78, 5) is 11.3. The molecule has 0 radical (unpaired) electrons. The van der Waals surface area contributed by atoms with Gasteiger partial charge < -0.3 is 5.32 Å². The second-order valence-electron chi connectivity index (χ2n) is 2.79. The van der Waals surface area contributed by atoms with Crippen LogP contribution in [0, 0.1) is 23.0 Å². The Labute approximate surface area is 85.3 Å². The first-order valence-electron chi connectivity index (χ1n) is 4.25. The average Bonchev–Trinajstić information content (AvgIpc) is 2.22. The largest absolute Gasteiger partial charge is 0.351 e. The first kappa shape index (κ1) is 11.1. The second-order valence-corrected chi connectivity index (χ2v) is 2.79. The molecule has 1 aromatic carbocycles. The molecule has 15 heavy (non-hydrogen) atoms. The number of nitrogens with one attached hydrogen (secondary N) is 1. The van der Waals surface area contributed by atoms with E-state index < -0.39 is 17.5 Å². The molecule has 1 rings (SSSR count). The summed E-state index contributed by atoms with van der Waals surface area (Å²) >= 11 is 0. The van der Waals surface area contributed by atoms with E-state index in [1.165, 1.54) is 0 Å². The minimum Gasteiger partial charge on any atom is -0.351 e. The van der Waals surface area contributed by atoms with Gasteiger partial charge in [0.2, 0.25) is 0 Å². The SMILES string of the molecule is N#CCCNC(=O)c1cc(F)ccc1F. The average molecular weight is 210 g/mol. The van der Waals surface area contributed by atoms with E-state index in [1.54, 1.807) is 0 Å². The van der Waals surface area contributed by atoms with E-state index in [4.69, 9.17) is 5.26 Å². The highest BCUT2D eigenvalue weighted by Crippen LogP contribution is 2.09. The molecule has 0 saturated carbocycles. The third-order valence-electron chi connectivity index (χ3n) is 1.70. The van der Waals surface area contributed by atoms with Crippen LogP contribution in [0.4, 0.5) is 8.78 Å². The van der Waals surface area contributed by atoms with Gasteiger partial charge >= 0.3 is 0 Å². The molecule has 1 amide bonds. The lowest BCUT2D eigenvalue weighted by Gasteiger charge is -2.03. The molecular formula is C10H8F2N2O. The standard InChI is InChI=1S/C10H8F2N2O/c11-7-2-3-9(12)8(6-7)10(15)14-5-1-4-13/h2-3,6H,1,5H2,(H,14,15). The predicted octanol–water partition coefficient (Wildman–Crippen LogP) is 1.61. The van der Waals surface area contributed by atoms with Gasteiger partial charge in [-0.05, 0) is 18.2 Å². The van der Waals surface area contributed by atoms with Gasteiger partial charge in [0.25, 0.3) is 5.91 Å². The molecule has 5 heteroatoms. The molecule has 1 aromatic rings. The van der Waals surface area contributed by atoms with E-state index in [-0.39, 0.29) is 18.5 Å². The maximum absolute atomic E-state index is 13.0. The highest BCUT2D eigenvalue weighted by Gasteiger charge is 2.11. The Hall–Kier alpha value is -1.96. The quantitative estimate of drug-likeness (QED) is 0.770. The number of carbonyl (C=O) groups excluding carboxylic acids is 1. The van der Waals surface area contributed by atoms with Crippen molar-refractivity contribution in [2.75, 3.05) is 6.54 Å². The van der Waals surface area contributed by atoms with Gasteiger partial charge in [-0.1, -0.05) is 0 Å². The van der Waals surface area contributed by atoms with Gasteiger partial charge in [-0.2, -0.15) is 5.26 Å². The lowest BCUT2D eigenvalue weighted by atomic mass is 10.2. The monoisotopic (exact) mass is 210 g/mol. The number of benzene rings is 1. The van der Waals surface area contributed by atoms with Crippen molar-refractivity contribution in [2.45, 2.75) is 6.42 Å². The lowest BCUT2D eigenvalue weighted by molar-refractivity contribution is 0.0950. The number of rotatable bonds is 3. The number of nitrogens with zero attached hydrogens (tertiary/aromatic N) is 1. The molecular weight excluding hydrogens is 202 g/mol. The highest BCUT2D eigenvalue weighted by molar-refractivity contribution is 5.94. The zero-order valence-corrected chi connectivity index (χ0v) is 7.76. The predicted molar refractivity (Wildman–Crippen MR) is 48.9 cm³/mol. The van der Waals surface area contributed by atoms with Gasteiger partial charge in [-0.15, -0.1) is 0 Å². The van der Waals surface area contributed by atoms with Crippen LogP contribution in [0.1, 0.15) is 16.8 Å². The summed E-state index contributed by atoms with van der Waals surface area (Å²) in [6, 6.07) is 4.45. The Morgan fingerprint density at radius 2 is 2.20 bits per heavy atom. The molecule has 0 aliphatic rings. The lowest BCUT2D eigenvalue weighted by Crippen LogP contribution is -2.25. The zero-order chi connectivity index (χ0) is 11.3. The summed E-state index contributed by atoms with van der Waals surface area (Å²) in [5.41, 5.74) is -0.354. The first-order chi connectivity index (χ1) is 7.15. The van der Waals surface area contributed by atoms with Gasteiger partial charge in [0.05, 0.1) is 18.1 Å². The van der Waals surface area contributed by atoms with Crippen molar-refractivity contribution >= 4 is 5.91 Å². The van der Waals surface area contributed by atoms with Crippen molar-refractivity contribution in [3.63, 3.8) is 0 Å². The fourth-order valence-corrected chi connectivity index (χ4v) is 0.999. The molecule has 78 valence electrons. The molecule has 0 aliphatic carbocycles. The first-order valence-corrected chi connectivity index (χ1v) is 4.25. The number of nitriles is 1. The van der Waals surface area contributed by atoms with Crippen LogP contribution in [-0.2, 0) is 0 Å². The minimum absolute atomic E-state index is 0.116. The summed E-state index contributed by atoms with van der Waals surface area (Å²) in [5.74, 6) is -2.19. The summed E-state index contributed by atoms with van der Waals surface area (Å²) in [6.07, 6.45) is 0.128. The Kier molecular flexibility index (Phi) is 3.75. The molecule has 3 nitrogen and oxygen atoms in total. The summed E-state index contributed by atoms with van der Waals surface area (Å²) < 4.78 is 25.7. The van der Waals surface area contributed by atoms with E-state index in [9.17, 15) is 13.6 Å². The van der Waals surface area contributed by atoms with Gasteiger partial charge in [-0.25, -0.2) is 8.78 Å². The normalized spacial score (nSPS) is 9.40. The number of hydrogen-bond donors (Lipinski definition) is 1. The number of amides is 1. The van der Waals surface area contributed by atoms with Crippen molar-refractivity contribution < 1.29 is 13.6 Å². The van der Waals surface area contributed by atoms with Crippen LogP contribution in [-0.4, -0.2) is 12.5 Å².